The number of benzene rings is 2. The molecule has 2 rings (SSSR count). The molecule has 0 aromatic heterocycles. The summed E-state index contributed by atoms with van der Waals surface area (Å²) in [7, 11) is 0. The number of halogens is 1. The molecule has 0 saturated carbocycles. The topological polar surface area (TPSA) is 20.2 Å². The summed E-state index contributed by atoms with van der Waals surface area (Å²) in [5, 5.41) is 9.14. The van der Waals surface area contributed by atoms with E-state index in [2.05, 4.69) is 59.0 Å². The highest BCUT2D eigenvalue weighted by atomic mass is 127. The summed E-state index contributed by atoms with van der Waals surface area (Å²) in [5.74, 6) is 0. The van der Waals surface area contributed by atoms with Crippen molar-refractivity contribution in [2.45, 2.75) is 0 Å². The lowest BCUT2D eigenvalue weighted by Gasteiger charge is -2.08. The predicted octanol–water partition coefficient (Wildman–Crippen LogP) is 3.72. The normalized spacial score (nSPS) is 11.5. The van der Waals surface area contributed by atoms with E-state index >= 15 is 0 Å². The molecular weight excluding hydrogens is 323 g/mol. The van der Waals surface area contributed by atoms with Gasteiger partial charge >= 0.3 is 0 Å². The zero-order valence-electron chi connectivity index (χ0n) is 9.31. The van der Waals surface area contributed by atoms with Gasteiger partial charge in [0.25, 0.3) is 0 Å². The largest absolute Gasteiger partial charge is 0.392 e. The molecule has 0 heterocycles. The Morgan fingerprint density at radius 1 is 0.941 bits per heavy atom. The minimum Gasteiger partial charge on any atom is -0.392 e. The van der Waals surface area contributed by atoms with Gasteiger partial charge in [-0.1, -0.05) is 48.5 Å². The van der Waals surface area contributed by atoms with Gasteiger partial charge in [0, 0.05) is 3.57 Å². The van der Waals surface area contributed by atoms with E-state index < -0.39 is 0 Å². The van der Waals surface area contributed by atoms with Crippen LogP contribution in [0, 0.1) is 3.57 Å². The molecule has 2 aromatic carbocycles. The van der Waals surface area contributed by atoms with E-state index in [0.717, 1.165) is 16.7 Å². The number of aliphatic hydroxyl groups excluding tert-OH is 1. The summed E-state index contributed by atoms with van der Waals surface area (Å²) in [6.45, 7) is 0.0518. The first-order valence-corrected chi connectivity index (χ1v) is 6.51. The highest BCUT2D eigenvalue weighted by Crippen LogP contribution is 2.23. The fourth-order valence-electron chi connectivity index (χ4n) is 1.74. The Morgan fingerprint density at radius 3 is 2.12 bits per heavy atom. The third-order valence-corrected chi connectivity index (χ3v) is 3.25. The van der Waals surface area contributed by atoms with Gasteiger partial charge in [0.2, 0.25) is 0 Å². The van der Waals surface area contributed by atoms with Crippen LogP contribution >= 0.6 is 22.6 Å². The Morgan fingerprint density at radius 2 is 1.53 bits per heavy atom. The predicted molar refractivity (Wildman–Crippen MR) is 79.8 cm³/mol. The Labute approximate surface area is 115 Å². The third-order valence-electron chi connectivity index (χ3n) is 2.54. The molecule has 0 aliphatic carbocycles. The van der Waals surface area contributed by atoms with Gasteiger partial charge in [-0.15, -0.1) is 0 Å². The molecule has 0 aliphatic rings. The fourth-order valence-corrected chi connectivity index (χ4v) is 2.10. The van der Waals surface area contributed by atoms with E-state index in [9.17, 15) is 0 Å². The maximum Gasteiger partial charge on any atom is 0.0621 e. The molecule has 17 heavy (non-hydrogen) atoms. The fraction of sp³-hybridized carbons (Fsp3) is 0.0667. The van der Waals surface area contributed by atoms with Crippen LogP contribution in [0.25, 0.3) is 5.57 Å². The molecule has 0 amide bonds. The first-order valence-electron chi connectivity index (χ1n) is 5.43. The Balaban J connectivity index is 2.44. The van der Waals surface area contributed by atoms with Gasteiger partial charge in [-0.25, -0.2) is 0 Å². The van der Waals surface area contributed by atoms with Crippen LogP contribution in [-0.2, 0) is 0 Å². The Kier molecular flexibility index (Phi) is 4.34. The lowest BCUT2D eigenvalue weighted by atomic mass is 9.98. The summed E-state index contributed by atoms with van der Waals surface area (Å²) in [6, 6.07) is 18.4. The van der Waals surface area contributed by atoms with Crippen LogP contribution in [0.3, 0.4) is 0 Å². The number of rotatable bonds is 3. The van der Waals surface area contributed by atoms with Crippen LogP contribution in [0.1, 0.15) is 11.1 Å². The van der Waals surface area contributed by atoms with Gasteiger partial charge in [-0.3, -0.25) is 0 Å². The van der Waals surface area contributed by atoms with E-state index in [1.165, 1.54) is 3.57 Å². The number of hydrogen-bond acceptors (Lipinski definition) is 1. The zero-order chi connectivity index (χ0) is 12.1. The molecule has 0 saturated heterocycles. The van der Waals surface area contributed by atoms with Crippen LogP contribution < -0.4 is 0 Å². The van der Waals surface area contributed by atoms with Gasteiger partial charge in [0.1, 0.15) is 0 Å². The minimum absolute atomic E-state index is 0.0518. The van der Waals surface area contributed by atoms with Crippen LogP contribution in [-0.4, -0.2) is 11.7 Å². The van der Waals surface area contributed by atoms with Gasteiger partial charge in [0.05, 0.1) is 6.61 Å². The van der Waals surface area contributed by atoms with Gasteiger partial charge in [-0.05, 0) is 51.4 Å². The van der Waals surface area contributed by atoms with Crippen molar-refractivity contribution in [2.75, 3.05) is 6.61 Å². The van der Waals surface area contributed by atoms with Crippen molar-refractivity contribution in [1.82, 2.24) is 0 Å². The monoisotopic (exact) mass is 336 g/mol. The molecule has 0 fully saturated rings. The van der Waals surface area contributed by atoms with E-state index in [4.69, 9.17) is 5.11 Å². The maximum absolute atomic E-state index is 9.14. The van der Waals surface area contributed by atoms with E-state index in [1.54, 1.807) is 0 Å². The van der Waals surface area contributed by atoms with Gasteiger partial charge < -0.3 is 5.11 Å². The van der Waals surface area contributed by atoms with Crippen LogP contribution in [0.15, 0.2) is 60.7 Å². The molecule has 0 unspecified atom stereocenters. The average Bonchev–Trinajstić information content (AvgIpc) is 2.38. The SMILES string of the molecule is OC/C=C(\c1ccccc1)c1ccc(I)cc1. The Hall–Kier alpha value is -1.13. The quantitative estimate of drug-likeness (QED) is 0.847. The minimum atomic E-state index is 0.0518. The highest BCUT2D eigenvalue weighted by molar-refractivity contribution is 14.1. The highest BCUT2D eigenvalue weighted by Gasteiger charge is 2.03. The standard InChI is InChI=1S/C15H13IO/c16-14-8-6-13(7-9-14)15(10-11-17)12-4-2-1-3-5-12/h1-10,17H,11H2/b15-10+. The zero-order valence-corrected chi connectivity index (χ0v) is 11.5. The van der Waals surface area contributed by atoms with Crippen molar-refractivity contribution < 1.29 is 5.11 Å². The Bertz CT molecular complexity index is 500. The molecule has 0 aliphatic heterocycles. The first kappa shape index (κ1) is 12.3. The summed E-state index contributed by atoms with van der Waals surface area (Å²) in [6.07, 6.45) is 1.84. The first-order chi connectivity index (χ1) is 8.31. The third kappa shape index (κ3) is 3.17. The summed E-state index contributed by atoms with van der Waals surface area (Å²) in [4.78, 5) is 0. The van der Waals surface area contributed by atoms with E-state index in [1.807, 2.05) is 24.3 Å². The van der Waals surface area contributed by atoms with Gasteiger partial charge in [-0.2, -0.15) is 0 Å². The lowest BCUT2D eigenvalue weighted by Crippen LogP contribution is -1.90. The van der Waals surface area contributed by atoms with Crippen molar-refractivity contribution in [1.29, 1.82) is 0 Å². The summed E-state index contributed by atoms with van der Waals surface area (Å²) < 4.78 is 1.21. The maximum atomic E-state index is 9.14. The second kappa shape index (κ2) is 5.98. The lowest BCUT2D eigenvalue weighted by molar-refractivity contribution is 0.343. The van der Waals surface area contributed by atoms with E-state index in [-0.39, 0.29) is 6.61 Å². The molecule has 0 radical (unpaired) electrons. The van der Waals surface area contributed by atoms with Crippen molar-refractivity contribution in [3.8, 4) is 0 Å². The molecule has 0 atom stereocenters. The number of aliphatic hydroxyl groups is 1. The molecule has 86 valence electrons. The van der Waals surface area contributed by atoms with Crippen molar-refractivity contribution in [3.05, 3.63) is 75.4 Å². The molecule has 2 heteroatoms. The summed E-state index contributed by atoms with van der Waals surface area (Å²) in [5.41, 5.74) is 3.33. The molecule has 2 aromatic rings. The van der Waals surface area contributed by atoms with Crippen LogP contribution in [0.5, 0.6) is 0 Å². The van der Waals surface area contributed by atoms with Crippen molar-refractivity contribution in [2.24, 2.45) is 0 Å². The van der Waals surface area contributed by atoms with Crippen LogP contribution in [0.2, 0.25) is 0 Å². The summed E-state index contributed by atoms with van der Waals surface area (Å²) >= 11 is 2.29. The van der Waals surface area contributed by atoms with Gasteiger partial charge in [0.15, 0.2) is 0 Å². The van der Waals surface area contributed by atoms with E-state index in [0.29, 0.717) is 0 Å². The second-order valence-corrected chi connectivity index (χ2v) is 4.92. The molecule has 1 N–H and O–H groups in total. The van der Waals surface area contributed by atoms with Crippen molar-refractivity contribution in [3.63, 3.8) is 0 Å². The number of hydrogen-bond donors (Lipinski definition) is 1. The molecule has 1 nitrogen and oxygen atoms in total. The molecule has 0 spiro atoms. The molecule has 0 bridgehead atoms. The van der Waals surface area contributed by atoms with Crippen molar-refractivity contribution >= 4 is 28.2 Å². The average molecular weight is 336 g/mol. The van der Waals surface area contributed by atoms with Crippen LogP contribution in [0.4, 0.5) is 0 Å². The smallest absolute Gasteiger partial charge is 0.0621 e. The molecular formula is C15H13IO. The second-order valence-electron chi connectivity index (χ2n) is 3.67.